The molecule has 2 N–H and O–H groups in total. The number of allylic oxidation sites excluding steroid dienone is 3. The molecule has 1 aliphatic heterocycles. The first kappa shape index (κ1) is 39.3. The number of ether oxygens (including phenoxy) is 3. The van der Waals surface area contributed by atoms with Crippen molar-refractivity contribution in [2.45, 2.75) is 124 Å². The van der Waals surface area contributed by atoms with Gasteiger partial charge in [0.15, 0.2) is 0 Å². The predicted octanol–water partition coefficient (Wildman–Crippen LogP) is 6.62. The number of hydrogen-bond acceptors (Lipinski definition) is 8. The lowest BCUT2D eigenvalue weighted by Crippen LogP contribution is -2.43. The molecule has 50 heavy (non-hydrogen) atoms. The summed E-state index contributed by atoms with van der Waals surface area (Å²) in [5.74, 6) is -0.371. The monoisotopic (exact) mass is 693 g/mol. The number of aliphatic hydroxyl groups excluding tert-OH is 1. The molecule has 9 nitrogen and oxygen atoms in total. The summed E-state index contributed by atoms with van der Waals surface area (Å²) in [5, 5.41) is 12.9. The molecule has 4 rings (SSSR count). The molecule has 8 atom stereocenters. The van der Waals surface area contributed by atoms with E-state index >= 15 is 0 Å². The maximum Gasteiger partial charge on any atom is 0.313 e. The average Bonchev–Trinajstić information content (AvgIpc) is 3.04. The summed E-state index contributed by atoms with van der Waals surface area (Å²) >= 11 is 0. The first-order valence-corrected chi connectivity index (χ1v) is 18.6. The first-order valence-electron chi connectivity index (χ1n) is 18.6. The highest BCUT2D eigenvalue weighted by Crippen LogP contribution is 2.46. The fraction of sp³-hybridized carbons (Fsp3) is 0.659. The molecule has 1 aromatic rings. The van der Waals surface area contributed by atoms with Crippen LogP contribution in [0.3, 0.4) is 0 Å². The molecule has 9 heteroatoms. The van der Waals surface area contributed by atoms with Gasteiger partial charge in [-0.15, -0.1) is 0 Å². The number of carbonyl (C=O) groups excluding carboxylic acids is 4. The molecule has 276 valence electrons. The van der Waals surface area contributed by atoms with Crippen LogP contribution in [0.15, 0.2) is 48.1 Å². The minimum absolute atomic E-state index is 0.0214. The van der Waals surface area contributed by atoms with E-state index in [-0.39, 0.29) is 85.7 Å². The molecule has 0 aromatic heterocycles. The molecule has 1 heterocycles. The molecule has 1 amide bonds. The van der Waals surface area contributed by atoms with Crippen LogP contribution in [0.1, 0.15) is 110 Å². The number of amides is 1. The van der Waals surface area contributed by atoms with Crippen LogP contribution in [-0.2, 0) is 39.8 Å². The number of hydrogen-bond donors (Lipinski definition) is 2. The zero-order chi connectivity index (χ0) is 36.6. The van der Waals surface area contributed by atoms with E-state index in [2.05, 4.69) is 63.4 Å². The van der Waals surface area contributed by atoms with Gasteiger partial charge in [0.25, 0.3) is 0 Å². The van der Waals surface area contributed by atoms with Crippen molar-refractivity contribution in [3.05, 3.63) is 59.2 Å². The smallest absolute Gasteiger partial charge is 0.313 e. The number of nitrogens with one attached hydrogen (secondary N) is 1. The van der Waals surface area contributed by atoms with Crippen LogP contribution in [0.25, 0.3) is 0 Å². The highest BCUT2D eigenvalue weighted by Gasteiger charge is 2.43. The SMILES string of the molecule is CC(C)Cc1ccc([C@@H](C)C(=O)OCCNC(=O)CCC(C)(C)C(=O)O[C@H]2C[C@@H](C)C=C3C=C[C@H](C)[C@H](CC[C@@H]4C[C@@H](O)CC(=O)O4)[C@H]32)cc1. The second-order valence-corrected chi connectivity index (χ2v) is 16.0. The maximum absolute atomic E-state index is 13.6. The standard InChI is InChI=1S/C41H59NO8/c1-25(2)20-29-9-12-30(13-10-29)28(5)39(46)48-19-18-42-36(44)16-17-41(6,7)40(47)50-35-22-26(3)21-31-11-8-27(4)34(38(31)35)15-14-33-23-32(43)24-37(45)49-33/h8-13,21,25-28,32-35,38,43H,14-20,22-24H2,1-7H3,(H,42,44)/t26-,27-,28+,32+,33+,34-,35-,38-/m0/s1. The van der Waals surface area contributed by atoms with Crippen molar-refractivity contribution in [2.75, 3.05) is 13.2 Å². The van der Waals surface area contributed by atoms with E-state index in [0.717, 1.165) is 18.4 Å². The number of fused-ring (bicyclic) bond motifs is 1. The Bertz CT molecular complexity index is 1400. The van der Waals surface area contributed by atoms with Gasteiger partial charge in [-0.1, -0.05) is 70.2 Å². The summed E-state index contributed by atoms with van der Waals surface area (Å²) in [7, 11) is 0. The van der Waals surface area contributed by atoms with E-state index in [1.807, 2.05) is 32.9 Å². The Hall–Kier alpha value is -3.46. The van der Waals surface area contributed by atoms with E-state index in [1.54, 1.807) is 0 Å². The van der Waals surface area contributed by atoms with Gasteiger partial charge >= 0.3 is 17.9 Å². The van der Waals surface area contributed by atoms with E-state index in [0.29, 0.717) is 31.6 Å². The number of benzene rings is 1. The van der Waals surface area contributed by atoms with Gasteiger partial charge in [0, 0.05) is 18.8 Å². The summed E-state index contributed by atoms with van der Waals surface area (Å²) in [6.45, 7) is 14.4. The topological polar surface area (TPSA) is 128 Å². The van der Waals surface area contributed by atoms with Crippen molar-refractivity contribution in [3.8, 4) is 0 Å². The van der Waals surface area contributed by atoms with Gasteiger partial charge < -0.3 is 24.6 Å². The quantitative estimate of drug-likeness (QED) is 0.119. The Labute approximate surface area is 298 Å². The summed E-state index contributed by atoms with van der Waals surface area (Å²) in [6, 6.07) is 8.05. The Morgan fingerprint density at radius 2 is 1.78 bits per heavy atom. The third kappa shape index (κ3) is 11.0. The lowest BCUT2D eigenvalue weighted by atomic mass is 9.65. The number of rotatable bonds is 15. The summed E-state index contributed by atoms with van der Waals surface area (Å²) < 4.78 is 17.3. The van der Waals surface area contributed by atoms with Crippen LogP contribution in [-0.4, -0.2) is 60.4 Å². The Morgan fingerprint density at radius 3 is 2.46 bits per heavy atom. The molecule has 1 saturated heterocycles. The van der Waals surface area contributed by atoms with E-state index in [4.69, 9.17) is 14.2 Å². The van der Waals surface area contributed by atoms with Crippen molar-refractivity contribution >= 4 is 23.8 Å². The normalized spacial score (nSPS) is 27.1. The van der Waals surface area contributed by atoms with Gasteiger partial charge in [-0.25, -0.2) is 0 Å². The third-order valence-electron chi connectivity index (χ3n) is 10.6. The fourth-order valence-corrected chi connectivity index (χ4v) is 7.57. The van der Waals surface area contributed by atoms with Crippen molar-refractivity contribution in [3.63, 3.8) is 0 Å². The molecular weight excluding hydrogens is 634 g/mol. The predicted molar refractivity (Wildman–Crippen MR) is 192 cm³/mol. The molecule has 0 radical (unpaired) electrons. The molecule has 2 aliphatic carbocycles. The number of aliphatic hydroxyl groups is 1. The van der Waals surface area contributed by atoms with Crippen LogP contribution in [0, 0.1) is 35.0 Å². The molecule has 1 aromatic carbocycles. The van der Waals surface area contributed by atoms with Crippen LogP contribution in [0.5, 0.6) is 0 Å². The zero-order valence-corrected chi connectivity index (χ0v) is 31.1. The third-order valence-corrected chi connectivity index (χ3v) is 10.6. The Morgan fingerprint density at radius 1 is 1.06 bits per heavy atom. The van der Waals surface area contributed by atoms with Gasteiger partial charge in [-0.2, -0.15) is 0 Å². The lowest BCUT2D eigenvalue weighted by Gasteiger charge is -2.44. The first-order chi connectivity index (χ1) is 23.6. The van der Waals surface area contributed by atoms with Crippen LogP contribution in [0.2, 0.25) is 0 Å². The molecular formula is C41H59NO8. The average molecular weight is 694 g/mol. The van der Waals surface area contributed by atoms with Crippen LogP contribution >= 0.6 is 0 Å². The Balaban J connectivity index is 1.24. The van der Waals surface area contributed by atoms with E-state index in [1.165, 1.54) is 11.1 Å². The van der Waals surface area contributed by atoms with Gasteiger partial charge in [0.05, 0.1) is 30.4 Å². The molecule has 3 aliphatic rings. The fourth-order valence-electron chi connectivity index (χ4n) is 7.57. The largest absolute Gasteiger partial charge is 0.463 e. The Kier molecular flexibility index (Phi) is 13.9. The highest BCUT2D eigenvalue weighted by atomic mass is 16.6. The summed E-state index contributed by atoms with van der Waals surface area (Å²) in [4.78, 5) is 50.9. The van der Waals surface area contributed by atoms with Gasteiger partial charge in [0.1, 0.15) is 18.8 Å². The molecule has 1 fully saturated rings. The zero-order valence-electron chi connectivity index (χ0n) is 31.1. The molecule has 0 unspecified atom stereocenters. The minimum atomic E-state index is -0.882. The minimum Gasteiger partial charge on any atom is -0.463 e. The van der Waals surface area contributed by atoms with Crippen molar-refractivity contribution < 1.29 is 38.5 Å². The van der Waals surface area contributed by atoms with Gasteiger partial charge in [0.2, 0.25) is 5.91 Å². The van der Waals surface area contributed by atoms with Crippen molar-refractivity contribution in [1.29, 1.82) is 0 Å². The van der Waals surface area contributed by atoms with Crippen molar-refractivity contribution in [2.24, 2.45) is 35.0 Å². The molecule has 0 spiro atoms. The second kappa shape index (κ2) is 17.7. The van der Waals surface area contributed by atoms with Crippen molar-refractivity contribution in [1.82, 2.24) is 5.32 Å². The molecule has 0 saturated carbocycles. The van der Waals surface area contributed by atoms with Crippen LogP contribution < -0.4 is 5.32 Å². The summed E-state index contributed by atoms with van der Waals surface area (Å²) in [6.07, 6.45) is 9.44. The van der Waals surface area contributed by atoms with Gasteiger partial charge in [-0.05, 0) is 93.2 Å². The van der Waals surface area contributed by atoms with E-state index in [9.17, 15) is 24.3 Å². The number of carbonyl (C=O) groups is 4. The van der Waals surface area contributed by atoms with Gasteiger partial charge in [-0.3, -0.25) is 19.2 Å². The number of esters is 3. The van der Waals surface area contributed by atoms with Crippen LogP contribution in [0.4, 0.5) is 0 Å². The highest BCUT2D eigenvalue weighted by molar-refractivity contribution is 5.80. The lowest BCUT2D eigenvalue weighted by molar-refractivity contribution is -0.166. The van der Waals surface area contributed by atoms with E-state index < -0.39 is 17.4 Å². The second-order valence-electron chi connectivity index (χ2n) is 16.0. The maximum atomic E-state index is 13.6. The number of cyclic esters (lactones) is 1. The summed E-state index contributed by atoms with van der Waals surface area (Å²) in [5.41, 5.74) is 2.43. The molecule has 0 bridgehead atoms.